The van der Waals surface area contributed by atoms with Crippen LogP contribution in [0.25, 0.3) is 0 Å². The minimum atomic E-state index is -4.41. The number of amides is 4. The van der Waals surface area contributed by atoms with Crippen LogP contribution in [-0.4, -0.2) is 40.6 Å². The molecule has 1 saturated heterocycles. The molecule has 0 aliphatic carbocycles. The molecule has 1 aliphatic heterocycles. The highest BCUT2D eigenvalue weighted by Crippen LogP contribution is 2.30. The van der Waals surface area contributed by atoms with E-state index in [1.807, 2.05) is 5.32 Å². The molecule has 1 fully saturated rings. The van der Waals surface area contributed by atoms with E-state index in [2.05, 4.69) is 0 Å². The van der Waals surface area contributed by atoms with Crippen LogP contribution in [-0.2, 0) is 9.59 Å². The second kappa shape index (κ2) is 5.59. The molecule has 0 radical (unpaired) electrons. The summed E-state index contributed by atoms with van der Waals surface area (Å²) in [7, 11) is 0. The van der Waals surface area contributed by atoms with Crippen molar-refractivity contribution in [1.82, 2.24) is 10.2 Å². The molecule has 1 atom stereocenters. The third-order valence-corrected chi connectivity index (χ3v) is 3.06. The van der Waals surface area contributed by atoms with Gasteiger partial charge in [-0.1, -0.05) is 6.92 Å². The maximum Gasteiger partial charge on any atom is 0.441 e. The van der Waals surface area contributed by atoms with Crippen LogP contribution in [0.1, 0.15) is 13.3 Å². The lowest BCUT2D eigenvalue weighted by Gasteiger charge is -2.29. The first-order chi connectivity index (χ1) is 8.26. The molecule has 0 spiro atoms. The summed E-state index contributed by atoms with van der Waals surface area (Å²) in [6.07, 6.45) is 0.195. The predicted octanol–water partition coefficient (Wildman–Crippen LogP) is 1.34. The zero-order valence-corrected chi connectivity index (χ0v) is 10.2. The normalized spacial score (nSPS) is 21.2. The molecule has 0 aromatic rings. The van der Waals surface area contributed by atoms with E-state index in [0.717, 1.165) is 0 Å². The second-order valence-electron chi connectivity index (χ2n) is 3.54. The van der Waals surface area contributed by atoms with Crippen LogP contribution in [0.15, 0.2) is 0 Å². The largest absolute Gasteiger partial charge is 0.441 e. The monoisotopic (exact) mass is 284 g/mol. The van der Waals surface area contributed by atoms with Crippen molar-refractivity contribution in [2.24, 2.45) is 5.92 Å². The number of halogens is 3. The van der Waals surface area contributed by atoms with Gasteiger partial charge in [0.15, 0.2) is 0 Å². The number of nitrogens with zero attached hydrogens (tertiary/aromatic N) is 1. The van der Waals surface area contributed by atoms with E-state index >= 15 is 0 Å². The van der Waals surface area contributed by atoms with Gasteiger partial charge in [0.2, 0.25) is 11.8 Å². The van der Waals surface area contributed by atoms with E-state index in [4.69, 9.17) is 0 Å². The first-order valence-electron chi connectivity index (χ1n) is 5.13. The number of imide groups is 2. The zero-order chi connectivity index (χ0) is 13.9. The molecule has 1 unspecified atom stereocenters. The summed E-state index contributed by atoms with van der Waals surface area (Å²) in [6.45, 7) is 1.21. The van der Waals surface area contributed by atoms with Crippen molar-refractivity contribution in [3.05, 3.63) is 0 Å². The molecule has 102 valence electrons. The van der Waals surface area contributed by atoms with Crippen molar-refractivity contribution in [2.45, 2.75) is 18.9 Å². The van der Waals surface area contributed by atoms with E-state index in [1.54, 1.807) is 6.92 Å². The quantitative estimate of drug-likeness (QED) is 0.791. The van der Waals surface area contributed by atoms with E-state index in [0.29, 0.717) is 4.90 Å². The van der Waals surface area contributed by atoms with Gasteiger partial charge in [0, 0.05) is 12.3 Å². The fourth-order valence-corrected chi connectivity index (χ4v) is 1.99. The Kier molecular flexibility index (Phi) is 4.60. The summed E-state index contributed by atoms with van der Waals surface area (Å²) in [4.78, 5) is 34.9. The topological polar surface area (TPSA) is 66.5 Å². The number of carbonyl (C=O) groups is 3. The lowest BCUT2D eigenvalue weighted by molar-refractivity contribution is -0.142. The number of barbiturate groups is 1. The minimum absolute atomic E-state index is 0.195. The SMILES string of the molecule is CCC1C(=O)NC(=O)N(CCSC(F)(F)F)C1=O. The lowest BCUT2D eigenvalue weighted by atomic mass is 10.0. The summed E-state index contributed by atoms with van der Waals surface area (Å²) < 4.78 is 35.7. The second-order valence-corrected chi connectivity index (χ2v) is 4.70. The number of hydrogen-bond donors (Lipinski definition) is 1. The summed E-state index contributed by atoms with van der Waals surface area (Å²) >= 11 is -0.318. The highest BCUT2D eigenvalue weighted by atomic mass is 32.2. The summed E-state index contributed by atoms with van der Waals surface area (Å²) in [5, 5.41) is 1.95. The van der Waals surface area contributed by atoms with E-state index in [-0.39, 0.29) is 24.7 Å². The molecule has 1 heterocycles. The van der Waals surface area contributed by atoms with Gasteiger partial charge < -0.3 is 0 Å². The molecule has 1 aliphatic rings. The van der Waals surface area contributed by atoms with Gasteiger partial charge in [0.1, 0.15) is 5.92 Å². The fraction of sp³-hybridized carbons (Fsp3) is 0.667. The molecular weight excluding hydrogens is 273 g/mol. The standard InChI is InChI=1S/C9H11F3N2O3S/c1-2-5-6(15)13-8(17)14(7(5)16)3-4-18-9(10,11)12/h5H,2-4H2,1H3,(H,13,15,17). The number of carbonyl (C=O) groups excluding carboxylic acids is 3. The van der Waals surface area contributed by atoms with E-state index in [9.17, 15) is 27.6 Å². The Morgan fingerprint density at radius 2 is 1.94 bits per heavy atom. The number of nitrogens with one attached hydrogen (secondary N) is 1. The summed E-state index contributed by atoms with van der Waals surface area (Å²) in [6, 6.07) is -0.961. The third-order valence-electron chi connectivity index (χ3n) is 2.34. The first kappa shape index (κ1) is 14.8. The summed E-state index contributed by atoms with van der Waals surface area (Å²) in [5.74, 6) is -2.90. The Bertz CT molecular complexity index is 373. The third kappa shape index (κ3) is 3.62. The molecule has 9 heteroatoms. The molecule has 0 bridgehead atoms. The van der Waals surface area contributed by atoms with Crippen LogP contribution in [0.2, 0.25) is 0 Å². The molecule has 0 aromatic carbocycles. The minimum Gasteiger partial charge on any atom is -0.277 e. The number of hydrogen-bond acceptors (Lipinski definition) is 4. The predicted molar refractivity (Wildman–Crippen MR) is 57.5 cm³/mol. The Balaban J connectivity index is 2.61. The van der Waals surface area contributed by atoms with Gasteiger partial charge in [-0.2, -0.15) is 13.2 Å². The molecule has 5 nitrogen and oxygen atoms in total. The van der Waals surface area contributed by atoms with Crippen molar-refractivity contribution < 1.29 is 27.6 Å². The molecule has 18 heavy (non-hydrogen) atoms. The van der Waals surface area contributed by atoms with E-state index in [1.165, 1.54) is 0 Å². The Hall–Kier alpha value is -1.25. The van der Waals surface area contributed by atoms with Crippen LogP contribution in [0, 0.1) is 5.92 Å². The van der Waals surface area contributed by atoms with Gasteiger partial charge in [-0.25, -0.2) is 4.79 Å². The van der Waals surface area contributed by atoms with Gasteiger partial charge in [0.25, 0.3) is 0 Å². The van der Waals surface area contributed by atoms with Crippen molar-refractivity contribution in [3.63, 3.8) is 0 Å². The van der Waals surface area contributed by atoms with Crippen LogP contribution >= 0.6 is 11.8 Å². The van der Waals surface area contributed by atoms with Crippen molar-refractivity contribution >= 4 is 29.6 Å². The molecular formula is C9H11F3N2O3S. The molecule has 0 saturated carbocycles. The van der Waals surface area contributed by atoms with Crippen molar-refractivity contribution in [1.29, 1.82) is 0 Å². The number of rotatable bonds is 4. The molecule has 0 aromatic heterocycles. The Morgan fingerprint density at radius 1 is 1.33 bits per heavy atom. The Labute approximate surface area is 105 Å². The maximum atomic E-state index is 11.9. The first-order valence-corrected chi connectivity index (χ1v) is 6.11. The fourth-order valence-electron chi connectivity index (χ4n) is 1.48. The van der Waals surface area contributed by atoms with Gasteiger partial charge in [-0.05, 0) is 18.2 Å². The van der Waals surface area contributed by atoms with Gasteiger partial charge >= 0.3 is 11.5 Å². The zero-order valence-electron chi connectivity index (χ0n) is 9.41. The maximum absolute atomic E-state index is 11.9. The molecule has 4 amide bonds. The molecule has 1 N–H and O–H groups in total. The van der Waals surface area contributed by atoms with Gasteiger partial charge in [-0.15, -0.1) is 0 Å². The van der Waals surface area contributed by atoms with Crippen LogP contribution in [0.4, 0.5) is 18.0 Å². The number of thioether (sulfide) groups is 1. The average molecular weight is 284 g/mol. The summed E-state index contributed by atoms with van der Waals surface area (Å²) in [5.41, 5.74) is -4.41. The lowest BCUT2D eigenvalue weighted by Crippen LogP contribution is -2.58. The number of alkyl halides is 3. The van der Waals surface area contributed by atoms with Crippen molar-refractivity contribution in [3.8, 4) is 0 Å². The highest BCUT2D eigenvalue weighted by Gasteiger charge is 2.39. The van der Waals surface area contributed by atoms with Crippen LogP contribution < -0.4 is 5.32 Å². The number of urea groups is 1. The van der Waals surface area contributed by atoms with E-state index < -0.39 is 35.0 Å². The smallest absolute Gasteiger partial charge is 0.277 e. The van der Waals surface area contributed by atoms with Crippen molar-refractivity contribution in [2.75, 3.05) is 12.3 Å². The van der Waals surface area contributed by atoms with Gasteiger partial charge in [-0.3, -0.25) is 19.8 Å². The Morgan fingerprint density at radius 3 is 2.44 bits per heavy atom. The van der Waals surface area contributed by atoms with Crippen LogP contribution in [0.5, 0.6) is 0 Å². The average Bonchev–Trinajstić information content (AvgIpc) is 2.21. The highest BCUT2D eigenvalue weighted by molar-refractivity contribution is 8.00. The van der Waals surface area contributed by atoms with Gasteiger partial charge in [0.05, 0.1) is 0 Å². The van der Waals surface area contributed by atoms with Crippen LogP contribution in [0.3, 0.4) is 0 Å². The molecule has 1 rings (SSSR count).